The Balaban J connectivity index is -0.0000000406. The highest BCUT2D eigenvalue weighted by Gasteiger charge is 1.87. The van der Waals surface area contributed by atoms with Crippen LogP contribution in [0.25, 0.3) is 0 Å². The molecule has 0 saturated heterocycles. The van der Waals surface area contributed by atoms with Gasteiger partial charge in [0.15, 0.2) is 0 Å². The van der Waals surface area contributed by atoms with Crippen LogP contribution in [0.4, 0.5) is 0 Å². The number of hydrogen-bond acceptors (Lipinski definition) is 14. The van der Waals surface area contributed by atoms with Crippen molar-refractivity contribution in [1.82, 2.24) is 10.4 Å². The van der Waals surface area contributed by atoms with E-state index in [-0.39, 0.29) is 7.43 Å². The lowest BCUT2D eigenvalue weighted by Gasteiger charge is -1.97. The molecule has 0 aliphatic carbocycles. The fraction of sp³-hybridized carbons (Fsp3) is 0.462. The molecule has 40 heavy (non-hydrogen) atoms. The van der Waals surface area contributed by atoms with Gasteiger partial charge in [-0.2, -0.15) is 15.3 Å². The number of aliphatic imine (C=N–C) groups is 1. The second-order valence-corrected chi connectivity index (χ2v) is 6.01. The molecule has 1 aromatic carbocycles. The molecule has 1 rings (SSSR count). The number of carbonyl (C=O) groups is 1. The third-order valence-electron chi connectivity index (χ3n) is 2.55. The number of hydrazone groups is 3. The molecule has 1 aromatic rings. The van der Waals surface area contributed by atoms with Crippen molar-refractivity contribution in [2.24, 2.45) is 47.5 Å². The third-order valence-corrected chi connectivity index (χ3v) is 2.55. The van der Waals surface area contributed by atoms with Crippen LogP contribution in [0, 0.1) is 5.92 Å². The van der Waals surface area contributed by atoms with E-state index in [0.29, 0.717) is 6.61 Å². The summed E-state index contributed by atoms with van der Waals surface area (Å²) in [5, 5.41) is 26.7. The molecule has 0 unspecified atom stereocenters. The molecule has 0 heterocycles. The van der Waals surface area contributed by atoms with Crippen LogP contribution in [0.2, 0.25) is 0 Å². The first kappa shape index (κ1) is 60.1. The summed E-state index contributed by atoms with van der Waals surface area (Å²) < 4.78 is 0. The van der Waals surface area contributed by atoms with Crippen LogP contribution in [0.5, 0.6) is 0 Å². The van der Waals surface area contributed by atoms with Gasteiger partial charge in [-0.15, -0.1) is 15.5 Å². The third kappa shape index (κ3) is 195. The molecule has 0 aliphatic rings. The molecule has 0 saturated carbocycles. The molecule has 236 valence electrons. The Hall–Kier alpha value is -4.62. The van der Waals surface area contributed by atoms with Crippen molar-refractivity contribution in [3.05, 3.63) is 35.9 Å². The lowest BCUT2D eigenvalue weighted by atomic mass is 10.2. The molecule has 0 atom stereocenters. The van der Waals surface area contributed by atoms with Gasteiger partial charge in [-0.3, -0.25) is 0 Å². The fourth-order valence-electron chi connectivity index (χ4n) is 0.694. The number of nitrogens with two attached hydrogens (primary N) is 1. The zero-order valence-electron chi connectivity index (χ0n) is 25.4. The van der Waals surface area contributed by atoms with E-state index in [0.717, 1.165) is 11.5 Å². The molecule has 0 radical (unpaired) electrons. The number of nitrogens with zero attached hydrogens (tertiary/aromatic N) is 8. The summed E-state index contributed by atoms with van der Waals surface area (Å²) in [5.41, 5.74) is 3.55. The van der Waals surface area contributed by atoms with Crippen molar-refractivity contribution < 1.29 is 19.7 Å². The maximum absolute atomic E-state index is 8.00. The number of hydrogen-bond donors (Lipinski definition) is 3. The van der Waals surface area contributed by atoms with Crippen LogP contribution in [0.15, 0.2) is 66.1 Å². The van der Waals surface area contributed by atoms with E-state index >= 15 is 0 Å². The Morgan fingerprint density at radius 1 is 1.00 bits per heavy atom. The summed E-state index contributed by atoms with van der Waals surface area (Å²) in [4.78, 5) is 20.0. The van der Waals surface area contributed by atoms with Gasteiger partial charge < -0.3 is 40.9 Å². The van der Waals surface area contributed by atoms with E-state index in [9.17, 15) is 0 Å². The molecule has 0 bridgehead atoms. The van der Waals surface area contributed by atoms with E-state index in [4.69, 9.17) is 14.8 Å². The first-order valence-corrected chi connectivity index (χ1v) is 10.8. The maximum Gasteiger partial charge on any atom is 0.142 e. The van der Waals surface area contributed by atoms with Crippen molar-refractivity contribution in [1.29, 1.82) is 0 Å². The quantitative estimate of drug-likeness (QED) is 0.185. The second-order valence-electron chi connectivity index (χ2n) is 6.01. The van der Waals surface area contributed by atoms with Crippen molar-refractivity contribution in [2.75, 3.05) is 35.3 Å². The zero-order valence-corrected chi connectivity index (χ0v) is 25.4. The van der Waals surface area contributed by atoms with Crippen LogP contribution in [0.1, 0.15) is 40.2 Å². The molecule has 0 aliphatic heterocycles. The molecule has 4 N–H and O–H groups in total. The van der Waals surface area contributed by atoms with E-state index < -0.39 is 0 Å². The average Bonchev–Trinajstić information content (AvgIpc) is 2.95. The predicted molar refractivity (Wildman–Crippen MR) is 179 cm³/mol. The van der Waals surface area contributed by atoms with Crippen molar-refractivity contribution in [2.45, 2.75) is 41.2 Å². The lowest BCUT2D eigenvalue weighted by molar-refractivity contribution is -0.0980. The summed E-state index contributed by atoms with van der Waals surface area (Å²) in [6.45, 7) is 30.4. The van der Waals surface area contributed by atoms with Crippen LogP contribution >= 0.6 is 0 Å². The lowest BCUT2D eigenvalue weighted by Crippen LogP contribution is -1.98. The van der Waals surface area contributed by atoms with Gasteiger partial charge in [0.1, 0.15) is 20.5 Å². The average molecular weight is 575 g/mol. The molecule has 14 nitrogen and oxygen atoms in total. The highest BCUT2D eigenvalue weighted by atomic mass is 16.6. The van der Waals surface area contributed by atoms with Crippen LogP contribution in [0.3, 0.4) is 0 Å². The molecule has 0 spiro atoms. The molecule has 0 aromatic heterocycles. The largest absolute Gasteiger partial charge is 0.411 e. The van der Waals surface area contributed by atoms with Gasteiger partial charge in [0.2, 0.25) is 0 Å². The topological polar surface area (TPSA) is 184 Å². The minimum absolute atomic E-state index is 0. The Kier molecular flexibility index (Phi) is 126. The molecular formula is C26H58N10O4. The van der Waals surface area contributed by atoms with Gasteiger partial charge in [0.05, 0.1) is 0 Å². The maximum atomic E-state index is 8.00. The monoisotopic (exact) mass is 574 g/mol. The molecule has 0 amide bonds. The first-order chi connectivity index (χ1) is 18.5. The predicted octanol–water partition coefficient (Wildman–Crippen LogP) is 4.51. The summed E-state index contributed by atoms with van der Waals surface area (Å²) in [7, 11) is 8.44. The van der Waals surface area contributed by atoms with Gasteiger partial charge >= 0.3 is 0 Å². The van der Waals surface area contributed by atoms with Crippen LogP contribution in [-0.4, -0.2) is 99.3 Å². The van der Waals surface area contributed by atoms with E-state index in [1.165, 1.54) is 13.5 Å². The number of rotatable bonds is 7. The summed E-state index contributed by atoms with van der Waals surface area (Å²) >= 11 is 0. The van der Waals surface area contributed by atoms with Crippen molar-refractivity contribution >= 4 is 53.8 Å². The Bertz CT molecular complexity index is 570. The number of benzene rings is 1. The second kappa shape index (κ2) is 83.8. The van der Waals surface area contributed by atoms with E-state index in [1.807, 2.05) is 51.2 Å². The number of oxime groups is 3. The van der Waals surface area contributed by atoms with Crippen molar-refractivity contribution in [3.8, 4) is 0 Å². The Morgan fingerprint density at radius 3 is 1.43 bits per heavy atom. The smallest absolute Gasteiger partial charge is 0.142 e. The van der Waals surface area contributed by atoms with Gasteiger partial charge in [0.25, 0.3) is 0 Å². The standard InChI is InChI=1S/C8H9NO.C5H12.C3H8N2.C2H6N2.C2H5NO.C2H5N.CH4N2.CH3NO.CH2O.CH4/c1-9-10-7-8-5-3-2-4-6-8;2*1-4-5(2)3;2*1-3-4-2;2*1-3-2;1-2-3;1-2;/h2-6H,1,7H2;5H,4H2,1-3H3;1H2,2-3H3;4H,1H2,2H3;1H2,2H3;1H2,2H3;1-2H2;3H,1H2;1H2;1H4. The highest BCUT2D eigenvalue weighted by molar-refractivity contribution is 5.23. The molecule has 14 heteroatoms. The van der Waals surface area contributed by atoms with Gasteiger partial charge in [-0.1, -0.05) is 65.0 Å². The summed E-state index contributed by atoms with van der Waals surface area (Å²) in [5.74, 6) is 5.25. The van der Waals surface area contributed by atoms with Gasteiger partial charge in [0, 0.05) is 68.5 Å². The van der Waals surface area contributed by atoms with Crippen molar-refractivity contribution in [3.63, 3.8) is 0 Å². The summed E-state index contributed by atoms with van der Waals surface area (Å²) in [6.07, 6.45) is 1.31. The minimum Gasteiger partial charge on any atom is -0.411 e. The first-order valence-electron chi connectivity index (χ1n) is 10.8. The fourth-order valence-corrected chi connectivity index (χ4v) is 0.694. The van der Waals surface area contributed by atoms with Gasteiger partial charge in [-0.25, -0.2) is 0 Å². The minimum atomic E-state index is 0. The Labute approximate surface area is 244 Å². The van der Waals surface area contributed by atoms with E-state index in [2.05, 4.69) is 120 Å². The summed E-state index contributed by atoms with van der Waals surface area (Å²) in [6, 6.07) is 9.84. The van der Waals surface area contributed by atoms with Crippen LogP contribution in [-0.2, 0) is 21.1 Å². The highest BCUT2D eigenvalue weighted by Crippen LogP contribution is 1.99. The van der Waals surface area contributed by atoms with Gasteiger partial charge in [-0.05, 0) is 18.2 Å². The Morgan fingerprint density at radius 2 is 1.27 bits per heavy atom. The zero-order chi connectivity index (χ0) is 32.8. The molecular weight excluding hydrogens is 516 g/mol. The molecule has 0 fully saturated rings. The normalized spacial score (nSPS) is 6.33. The van der Waals surface area contributed by atoms with Crippen LogP contribution < -0.4 is 11.3 Å². The number of nitrogens with one attached hydrogen (secondary N) is 1. The number of carbonyl (C=O) groups excluding carboxylic acids is 1. The van der Waals surface area contributed by atoms with E-state index in [1.54, 1.807) is 19.1 Å². The SMILES string of the molecule is C.C=NC.C=NN.C=NN(C)C.C=NNC.C=NO.C=NOC.C=NOCc1ccccc1.C=O.CCC(C)C.